The Morgan fingerprint density at radius 1 is 1.17 bits per heavy atom. The van der Waals surface area contributed by atoms with Gasteiger partial charge in [-0.3, -0.25) is 4.98 Å². The molecule has 0 spiro atoms. The molecule has 2 aromatic heterocycles. The lowest BCUT2D eigenvalue weighted by Crippen LogP contribution is -2.30. The van der Waals surface area contributed by atoms with Crippen molar-refractivity contribution in [2.24, 2.45) is 0 Å². The predicted octanol–water partition coefficient (Wildman–Crippen LogP) is 4.71. The molecule has 0 aliphatic rings. The highest BCUT2D eigenvalue weighted by molar-refractivity contribution is 5.60. The Morgan fingerprint density at radius 2 is 1.90 bits per heavy atom. The number of pyridine rings is 1. The zero-order valence-electron chi connectivity index (χ0n) is 17.1. The van der Waals surface area contributed by atoms with E-state index in [9.17, 15) is 0 Å². The maximum absolute atomic E-state index is 15.6. The second-order valence-corrected chi connectivity index (χ2v) is 7.45. The number of ether oxygens (including phenoxy) is 2. The number of methoxy groups -OCH3 is 1. The summed E-state index contributed by atoms with van der Waals surface area (Å²) in [6, 6.07) is 13.1. The topological polar surface area (TPSA) is 52.4 Å². The van der Waals surface area contributed by atoms with Crippen molar-refractivity contribution in [2.75, 3.05) is 12.0 Å². The maximum atomic E-state index is 15.6. The van der Waals surface area contributed by atoms with Gasteiger partial charge in [-0.15, -0.1) is 5.10 Å². The van der Waals surface area contributed by atoms with Crippen LogP contribution in [0.15, 0.2) is 67.3 Å². The van der Waals surface area contributed by atoms with Crippen LogP contribution in [0.1, 0.15) is 26.3 Å². The van der Waals surface area contributed by atoms with Crippen LogP contribution < -0.4 is 9.64 Å². The third kappa shape index (κ3) is 4.74. The summed E-state index contributed by atoms with van der Waals surface area (Å²) in [5, 5.41) is 4.28. The van der Waals surface area contributed by atoms with Crippen LogP contribution in [0.2, 0.25) is 0 Å². The minimum atomic E-state index is -0.593. The number of hydrogen-bond acceptors (Lipinski definition) is 5. The zero-order chi connectivity index (χ0) is 21.0. The summed E-state index contributed by atoms with van der Waals surface area (Å²) in [4.78, 5) is 5.67. The van der Waals surface area contributed by atoms with Gasteiger partial charge < -0.3 is 14.4 Å². The molecule has 0 radical (unpaired) electrons. The van der Waals surface area contributed by atoms with Gasteiger partial charge >= 0.3 is 0 Å². The highest BCUT2D eigenvalue weighted by Crippen LogP contribution is 2.36. The van der Waals surface area contributed by atoms with E-state index in [4.69, 9.17) is 9.47 Å². The normalized spacial score (nSPS) is 11.2. The molecule has 0 aliphatic carbocycles. The van der Waals surface area contributed by atoms with Gasteiger partial charge in [-0.05, 0) is 45.0 Å². The summed E-state index contributed by atoms with van der Waals surface area (Å²) in [7, 11) is 1.45. The molecule has 0 amide bonds. The van der Waals surface area contributed by atoms with Gasteiger partial charge in [0, 0.05) is 6.20 Å². The summed E-state index contributed by atoms with van der Waals surface area (Å²) in [6.45, 7) is 10.1. The van der Waals surface area contributed by atoms with E-state index in [0.717, 1.165) is 10.2 Å². The average Bonchev–Trinajstić information content (AvgIpc) is 3.02. The maximum Gasteiger partial charge on any atom is 0.260 e. The summed E-state index contributed by atoms with van der Waals surface area (Å²) in [5.74, 6) is -0.172. The second kappa shape index (κ2) is 8.34. The van der Waals surface area contributed by atoms with Gasteiger partial charge in [0.05, 0.1) is 25.5 Å². The molecule has 3 rings (SSSR count). The first-order valence-electron chi connectivity index (χ1n) is 9.22. The standard InChI is InChI=1S/C22H25FN4O2/c1-16(29-22(2,3)4)26(15-17-10-7-6-8-11-17)19-20(23)27(25-21(19)28-5)18-12-9-13-24-14-18/h6-14H,1,15H2,2-5H3. The van der Waals surface area contributed by atoms with Crippen LogP contribution in [0.5, 0.6) is 5.88 Å². The molecule has 6 nitrogen and oxygen atoms in total. The zero-order valence-corrected chi connectivity index (χ0v) is 17.1. The Kier molecular flexibility index (Phi) is 5.87. The molecule has 2 heterocycles. The third-order valence-electron chi connectivity index (χ3n) is 4.04. The van der Waals surface area contributed by atoms with E-state index in [2.05, 4.69) is 16.7 Å². The van der Waals surface area contributed by atoms with E-state index in [0.29, 0.717) is 18.1 Å². The summed E-state index contributed by atoms with van der Waals surface area (Å²) < 4.78 is 28.1. The minimum absolute atomic E-state index is 0.126. The van der Waals surface area contributed by atoms with Crippen molar-refractivity contribution in [2.45, 2.75) is 32.9 Å². The highest BCUT2D eigenvalue weighted by atomic mass is 19.1. The quantitative estimate of drug-likeness (QED) is 0.542. The lowest BCUT2D eigenvalue weighted by Gasteiger charge is -2.31. The minimum Gasteiger partial charge on any atom is -0.478 e. The van der Waals surface area contributed by atoms with E-state index in [1.807, 2.05) is 51.1 Å². The number of halogens is 1. The number of aromatic nitrogens is 3. The summed E-state index contributed by atoms with van der Waals surface area (Å²) in [5.41, 5.74) is 1.09. The third-order valence-corrected chi connectivity index (χ3v) is 4.04. The molecule has 0 atom stereocenters. The van der Waals surface area contributed by atoms with E-state index >= 15 is 4.39 Å². The molecular formula is C22H25FN4O2. The van der Waals surface area contributed by atoms with E-state index < -0.39 is 11.5 Å². The van der Waals surface area contributed by atoms with Gasteiger partial charge in [0.25, 0.3) is 5.88 Å². The number of anilines is 1. The fraction of sp³-hybridized carbons (Fsp3) is 0.273. The molecule has 0 fully saturated rings. The van der Waals surface area contributed by atoms with E-state index in [1.165, 1.54) is 13.3 Å². The summed E-state index contributed by atoms with van der Waals surface area (Å²) in [6.07, 6.45) is 3.14. The Hall–Kier alpha value is -3.35. The van der Waals surface area contributed by atoms with Crippen molar-refractivity contribution in [3.8, 4) is 11.6 Å². The lowest BCUT2D eigenvalue weighted by molar-refractivity contribution is 0.0483. The molecule has 0 saturated heterocycles. The lowest BCUT2D eigenvalue weighted by atomic mass is 10.2. The molecule has 3 aromatic rings. The Morgan fingerprint density at radius 3 is 2.48 bits per heavy atom. The van der Waals surface area contributed by atoms with E-state index in [-0.39, 0.29) is 11.6 Å². The van der Waals surface area contributed by atoms with Crippen molar-refractivity contribution in [3.63, 3.8) is 0 Å². The number of benzene rings is 1. The van der Waals surface area contributed by atoms with E-state index in [1.54, 1.807) is 23.2 Å². The second-order valence-electron chi connectivity index (χ2n) is 7.45. The molecule has 0 bridgehead atoms. The van der Waals surface area contributed by atoms with Crippen molar-refractivity contribution in [1.29, 1.82) is 0 Å². The van der Waals surface area contributed by atoms with Crippen molar-refractivity contribution in [1.82, 2.24) is 14.8 Å². The van der Waals surface area contributed by atoms with Crippen LogP contribution in [0.4, 0.5) is 10.1 Å². The first-order chi connectivity index (χ1) is 13.8. The SMILES string of the molecule is C=C(OC(C)(C)C)N(Cc1ccccc1)c1c(OC)nn(-c2cccnc2)c1F. The van der Waals surface area contributed by atoms with Gasteiger partial charge in [-0.25, -0.2) is 0 Å². The Balaban J connectivity index is 2.09. The van der Waals surface area contributed by atoms with Crippen LogP contribution >= 0.6 is 0 Å². The number of hydrogen-bond donors (Lipinski definition) is 0. The summed E-state index contributed by atoms with van der Waals surface area (Å²) >= 11 is 0. The molecule has 0 N–H and O–H groups in total. The molecule has 1 aromatic carbocycles. The molecule has 0 saturated carbocycles. The molecule has 152 valence electrons. The van der Waals surface area contributed by atoms with Gasteiger partial charge in [-0.1, -0.05) is 30.3 Å². The monoisotopic (exact) mass is 396 g/mol. The molecule has 0 aliphatic heterocycles. The molecule has 0 unspecified atom stereocenters. The first-order valence-corrected chi connectivity index (χ1v) is 9.22. The fourth-order valence-corrected chi connectivity index (χ4v) is 2.85. The van der Waals surface area contributed by atoms with Gasteiger partial charge in [0.15, 0.2) is 11.6 Å². The van der Waals surface area contributed by atoms with Gasteiger partial charge in [-0.2, -0.15) is 9.07 Å². The van der Waals surface area contributed by atoms with Gasteiger partial charge in [0.2, 0.25) is 5.95 Å². The Labute approximate surface area is 170 Å². The van der Waals surface area contributed by atoms with Crippen LogP contribution in [-0.2, 0) is 11.3 Å². The van der Waals surface area contributed by atoms with Crippen molar-refractivity contribution >= 4 is 5.69 Å². The highest BCUT2D eigenvalue weighted by Gasteiger charge is 2.29. The number of nitrogens with zero attached hydrogens (tertiary/aromatic N) is 4. The molecular weight excluding hydrogens is 371 g/mol. The van der Waals surface area contributed by atoms with Crippen molar-refractivity contribution < 1.29 is 13.9 Å². The number of rotatable bonds is 7. The molecule has 29 heavy (non-hydrogen) atoms. The van der Waals surface area contributed by atoms with Gasteiger partial charge in [0.1, 0.15) is 5.60 Å². The van der Waals surface area contributed by atoms with Crippen LogP contribution in [0.3, 0.4) is 0 Å². The van der Waals surface area contributed by atoms with Crippen LogP contribution in [0.25, 0.3) is 5.69 Å². The molecule has 7 heteroatoms. The largest absolute Gasteiger partial charge is 0.478 e. The predicted molar refractivity (Wildman–Crippen MR) is 110 cm³/mol. The first kappa shape index (κ1) is 20.4. The van der Waals surface area contributed by atoms with Crippen molar-refractivity contribution in [3.05, 3.63) is 78.8 Å². The fourth-order valence-electron chi connectivity index (χ4n) is 2.85. The Bertz CT molecular complexity index is 966. The van der Waals surface area contributed by atoms with Crippen LogP contribution in [0, 0.1) is 5.95 Å². The van der Waals surface area contributed by atoms with Crippen LogP contribution in [-0.4, -0.2) is 27.5 Å². The average molecular weight is 396 g/mol. The smallest absolute Gasteiger partial charge is 0.260 e.